The highest BCUT2D eigenvalue weighted by atomic mass is 19.1. The van der Waals surface area contributed by atoms with Crippen molar-refractivity contribution < 1.29 is 18.4 Å². The molecule has 1 aromatic carbocycles. The molecule has 1 amide bonds. The van der Waals surface area contributed by atoms with E-state index in [9.17, 15) is 13.6 Å². The monoisotopic (exact) mass is 241 g/mol. The van der Waals surface area contributed by atoms with Crippen LogP contribution in [0.5, 0.6) is 0 Å². The summed E-state index contributed by atoms with van der Waals surface area (Å²) in [7, 11) is 2.69. The van der Waals surface area contributed by atoms with Crippen LogP contribution in [0.15, 0.2) is 12.1 Å². The first kappa shape index (κ1) is 12.0. The van der Waals surface area contributed by atoms with Gasteiger partial charge in [0.25, 0.3) is 5.91 Å². The largest absolute Gasteiger partial charge is 0.277 e. The molecule has 0 bridgehead atoms. The van der Waals surface area contributed by atoms with Crippen LogP contribution in [-0.4, -0.2) is 25.1 Å². The number of hydrogen-bond acceptors (Lipinski definition) is 2. The molecule has 92 valence electrons. The molecule has 0 saturated heterocycles. The van der Waals surface area contributed by atoms with E-state index in [1.54, 1.807) is 0 Å². The molecular weight excluding hydrogens is 228 g/mol. The Morgan fingerprint density at radius 1 is 1.35 bits per heavy atom. The zero-order valence-electron chi connectivity index (χ0n) is 9.67. The molecular formula is C12H13F2NO2. The third-order valence-electron chi connectivity index (χ3n) is 2.87. The van der Waals surface area contributed by atoms with Crippen molar-refractivity contribution in [2.45, 2.75) is 18.8 Å². The number of halogens is 2. The summed E-state index contributed by atoms with van der Waals surface area (Å²) < 4.78 is 27.4. The Kier molecular flexibility index (Phi) is 3.11. The molecule has 1 fully saturated rings. The lowest BCUT2D eigenvalue weighted by Crippen LogP contribution is -2.25. The van der Waals surface area contributed by atoms with Crippen LogP contribution in [-0.2, 0) is 4.84 Å². The molecule has 1 aliphatic rings. The Morgan fingerprint density at radius 2 is 1.88 bits per heavy atom. The first-order valence-corrected chi connectivity index (χ1v) is 5.35. The molecule has 0 spiro atoms. The maximum absolute atomic E-state index is 13.7. The second-order valence-corrected chi connectivity index (χ2v) is 4.11. The topological polar surface area (TPSA) is 29.5 Å². The number of hydrogen-bond donors (Lipinski definition) is 0. The van der Waals surface area contributed by atoms with Gasteiger partial charge in [-0.1, -0.05) is 0 Å². The fraction of sp³-hybridized carbons (Fsp3) is 0.417. The van der Waals surface area contributed by atoms with Crippen molar-refractivity contribution in [2.75, 3.05) is 14.2 Å². The van der Waals surface area contributed by atoms with Crippen molar-refractivity contribution in [2.24, 2.45) is 0 Å². The molecule has 0 N–H and O–H groups in total. The summed E-state index contributed by atoms with van der Waals surface area (Å²) in [5, 5.41) is 0.922. The van der Waals surface area contributed by atoms with Crippen molar-refractivity contribution >= 4 is 5.91 Å². The summed E-state index contributed by atoms with van der Waals surface area (Å²) in [4.78, 5) is 16.3. The van der Waals surface area contributed by atoms with Crippen LogP contribution in [0.3, 0.4) is 0 Å². The van der Waals surface area contributed by atoms with Crippen molar-refractivity contribution in [1.29, 1.82) is 0 Å². The van der Waals surface area contributed by atoms with E-state index in [2.05, 4.69) is 4.84 Å². The first-order chi connectivity index (χ1) is 8.04. The lowest BCUT2D eigenvalue weighted by Gasteiger charge is -2.14. The smallest absolute Gasteiger partial charge is 0.274 e. The normalized spacial score (nSPS) is 14.8. The molecule has 0 aromatic heterocycles. The van der Waals surface area contributed by atoms with E-state index >= 15 is 0 Å². The summed E-state index contributed by atoms with van der Waals surface area (Å²) in [6.45, 7) is 0. The summed E-state index contributed by atoms with van der Waals surface area (Å²) in [6, 6.07) is 2.13. The molecule has 0 aliphatic heterocycles. The quantitative estimate of drug-likeness (QED) is 0.761. The minimum atomic E-state index is -0.652. The minimum absolute atomic E-state index is 0.0284. The molecule has 2 rings (SSSR count). The SMILES string of the molecule is CON(C)C(=O)c1cc(F)c(C2CC2)c(F)c1. The number of carbonyl (C=O) groups is 1. The molecule has 1 aliphatic carbocycles. The van der Waals surface area contributed by atoms with Crippen LogP contribution in [0.1, 0.15) is 34.7 Å². The summed E-state index contributed by atoms with van der Waals surface area (Å²) in [5.41, 5.74) is 0.0513. The van der Waals surface area contributed by atoms with E-state index in [1.165, 1.54) is 14.2 Å². The summed E-state index contributed by atoms with van der Waals surface area (Å²) >= 11 is 0. The Balaban J connectivity index is 2.34. The summed E-state index contributed by atoms with van der Waals surface area (Å²) in [6.07, 6.45) is 1.61. The van der Waals surface area contributed by atoms with Gasteiger partial charge in [0.1, 0.15) is 11.6 Å². The first-order valence-electron chi connectivity index (χ1n) is 5.35. The molecule has 0 heterocycles. The number of rotatable bonds is 3. The zero-order valence-corrected chi connectivity index (χ0v) is 9.67. The van der Waals surface area contributed by atoms with Crippen LogP contribution in [0, 0.1) is 11.6 Å². The molecule has 5 heteroatoms. The van der Waals surface area contributed by atoms with E-state index in [-0.39, 0.29) is 17.0 Å². The highest BCUT2D eigenvalue weighted by Gasteiger charge is 2.30. The Hall–Kier alpha value is -1.49. The van der Waals surface area contributed by atoms with Crippen LogP contribution in [0.4, 0.5) is 8.78 Å². The van der Waals surface area contributed by atoms with Gasteiger partial charge >= 0.3 is 0 Å². The number of benzene rings is 1. The number of carbonyl (C=O) groups excluding carboxylic acids is 1. The fourth-order valence-corrected chi connectivity index (χ4v) is 1.73. The van der Waals surface area contributed by atoms with E-state index < -0.39 is 17.5 Å². The highest BCUT2D eigenvalue weighted by molar-refractivity contribution is 5.93. The van der Waals surface area contributed by atoms with Gasteiger partial charge in [0.15, 0.2) is 0 Å². The zero-order chi connectivity index (χ0) is 12.6. The molecule has 3 nitrogen and oxygen atoms in total. The van der Waals surface area contributed by atoms with Crippen molar-refractivity contribution in [3.8, 4) is 0 Å². The van der Waals surface area contributed by atoms with E-state index in [0.29, 0.717) is 0 Å². The number of nitrogens with zero attached hydrogens (tertiary/aromatic N) is 1. The van der Waals surface area contributed by atoms with Crippen molar-refractivity contribution in [3.63, 3.8) is 0 Å². The lowest BCUT2D eigenvalue weighted by atomic mass is 10.1. The van der Waals surface area contributed by atoms with Crippen LogP contribution < -0.4 is 0 Å². The average molecular weight is 241 g/mol. The molecule has 1 saturated carbocycles. The van der Waals surface area contributed by atoms with Crippen LogP contribution in [0.2, 0.25) is 0 Å². The Labute approximate surface area is 97.9 Å². The molecule has 0 unspecified atom stereocenters. The fourth-order valence-electron chi connectivity index (χ4n) is 1.73. The third kappa shape index (κ3) is 2.29. The molecule has 1 aromatic rings. The third-order valence-corrected chi connectivity index (χ3v) is 2.87. The van der Waals surface area contributed by atoms with Crippen LogP contribution in [0.25, 0.3) is 0 Å². The van der Waals surface area contributed by atoms with Crippen molar-refractivity contribution in [3.05, 3.63) is 34.9 Å². The summed E-state index contributed by atoms with van der Waals surface area (Å²) in [5.74, 6) is -1.91. The van der Waals surface area contributed by atoms with E-state index in [1.807, 2.05) is 0 Å². The number of amides is 1. The Morgan fingerprint density at radius 3 is 2.29 bits per heavy atom. The number of hydroxylamine groups is 2. The molecule has 0 atom stereocenters. The highest BCUT2D eigenvalue weighted by Crippen LogP contribution is 2.42. The molecule has 0 radical (unpaired) electrons. The van der Waals surface area contributed by atoms with Crippen molar-refractivity contribution in [1.82, 2.24) is 5.06 Å². The maximum atomic E-state index is 13.7. The minimum Gasteiger partial charge on any atom is -0.274 e. The average Bonchev–Trinajstić information content (AvgIpc) is 3.10. The van der Waals surface area contributed by atoms with Gasteiger partial charge in [0.05, 0.1) is 7.11 Å². The van der Waals surface area contributed by atoms with Gasteiger partial charge in [-0.15, -0.1) is 0 Å². The predicted molar refractivity (Wildman–Crippen MR) is 57.4 cm³/mol. The maximum Gasteiger partial charge on any atom is 0.277 e. The molecule has 17 heavy (non-hydrogen) atoms. The second-order valence-electron chi connectivity index (χ2n) is 4.11. The van der Waals surface area contributed by atoms with Gasteiger partial charge in [-0.05, 0) is 30.9 Å². The van der Waals surface area contributed by atoms with Gasteiger partial charge in [-0.25, -0.2) is 13.8 Å². The lowest BCUT2D eigenvalue weighted by molar-refractivity contribution is -0.0757. The Bertz CT molecular complexity index is 435. The predicted octanol–water partition coefficient (Wildman–Crippen LogP) is 2.48. The standard InChI is InChI=1S/C12H13F2NO2/c1-15(17-2)12(16)8-5-9(13)11(7-3-4-7)10(14)6-8/h5-7H,3-4H2,1-2H3. The van der Waals surface area contributed by atoms with Gasteiger partial charge < -0.3 is 0 Å². The van der Waals surface area contributed by atoms with E-state index in [4.69, 9.17) is 0 Å². The van der Waals surface area contributed by atoms with Gasteiger partial charge in [-0.2, -0.15) is 0 Å². The second kappa shape index (κ2) is 4.41. The van der Waals surface area contributed by atoms with Gasteiger partial charge in [0, 0.05) is 18.2 Å². The van der Waals surface area contributed by atoms with Gasteiger partial charge in [-0.3, -0.25) is 9.63 Å². The van der Waals surface area contributed by atoms with Crippen LogP contribution >= 0.6 is 0 Å². The van der Waals surface area contributed by atoms with E-state index in [0.717, 1.165) is 30.0 Å². The van der Waals surface area contributed by atoms with Gasteiger partial charge in [0.2, 0.25) is 0 Å².